The molecule has 0 saturated heterocycles. The molecule has 0 N–H and O–H groups in total. The molecule has 0 aliphatic rings. The van der Waals surface area contributed by atoms with Gasteiger partial charge in [0.15, 0.2) is 0 Å². The van der Waals surface area contributed by atoms with Crippen LogP contribution in [0.25, 0.3) is 0 Å². The minimum absolute atomic E-state index is 0.312. The molecule has 2 aromatic heterocycles. The van der Waals surface area contributed by atoms with E-state index in [9.17, 15) is 4.79 Å². The molecular weight excluding hydrogens is 278 g/mol. The molecule has 2 heterocycles. The lowest BCUT2D eigenvalue weighted by Crippen LogP contribution is -2.14. The summed E-state index contributed by atoms with van der Waals surface area (Å²) in [7, 11) is 1.80. The van der Waals surface area contributed by atoms with Crippen molar-refractivity contribution in [3.05, 3.63) is 39.9 Å². The maximum Gasteiger partial charge on any atom is 0.355 e. The van der Waals surface area contributed by atoms with Crippen molar-refractivity contribution in [3.63, 3.8) is 0 Å². The molecule has 6 heteroatoms. The molecule has 0 fully saturated rings. The predicted molar refractivity (Wildman–Crippen MR) is 77.2 cm³/mol. The molecule has 0 atom stereocenters. The molecule has 0 radical (unpaired) electrons. The molecule has 0 saturated carbocycles. The van der Waals surface area contributed by atoms with E-state index in [1.807, 2.05) is 30.7 Å². The number of halogens is 1. The van der Waals surface area contributed by atoms with Gasteiger partial charge in [-0.3, -0.25) is 4.68 Å². The second kappa shape index (κ2) is 5.71. The van der Waals surface area contributed by atoms with Gasteiger partial charge in [0.05, 0.1) is 18.8 Å². The molecule has 0 aliphatic carbocycles. The normalized spacial score (nSPS) is 10.8. The standard InChI is InChI=1S/C14H18ClN3O2/c1-5-20-14(19)12-9(2)6-7-18(12)8-11-10(3)16-17(4)13(11)15/h6-7H,5,8H2,1-4H3. The summed E-state index contributed by atoms with van der Waals surface area (Å²) in [5, 5.41) is 4.87. The zero-order chi connectivity index (χ0) is 14.9. The first-order valence-corrected chi connectivity index (χ1v) is 6.84. The Hall–Kier alpha value is -1.75. The van der Waals surface area contributed by atoms with E-state index in [1.54, 1.807) is 18.7 Å². The smallest absolute Gasteiger partial charge is 0.355 e. The topological polar surface area (TPSA) is 49.1 Å². The summed E-state index contributed by atoms with van der Waals surface area (Å²) < 4.78 is 8.58. The molecule has 0 aliphatic heterocycles. The van der Waals surface area contributed by atoms with Crippen molar-refractivity contribution in [2.75, 3.05) is 6.61 Å². The van der Waals surface area contributed by atoms with Crippen molar-refractivity contribution in [3.8, 4) is 0 Å². The number of hydrogen-bond donors (Lipinski definition) is 0. The summed E-state index contributed by atoms with van der Waals surface area (Å²) >= 11 is 6.23. The van der Waals surface area contributed by atoms with Crippen molar-refractivity contribution < 1.29 is 9.53 Å². The maximum absolute atomic E-state index is 12.0. The minimum Gasteiger partial charge on any atom is -0.461 e. The third-order valence-corrected chi connectivity index (χ3v) is 3.71. The Kier molecular flexibility index (Phi) is 4.18. The van der Waals surface area contributed by atoms with Crippen LogP contribution in [-0.2, 0) is 18.3 Å². The summed E-state index contributed by atoms with van der Waals surface area (Å²) in [5.74, 6) is -0.312. The monoisotopic (exact) mass is 295 g/mol. The van der Waals surface area contributed by atoms with Gasteiger partial charge in [-0.15, -0.1) is 0 Å². The van der Waals surface area contributed by atoms with Gasteiger partial charge in [0.1, 0.15) is 10.8 Å². The predicted octanol–water partition coefficient (Wildman–Crippen LogP) is 2.72. The van der Waals surface area contributed by atoms with Crippen LogP contribution in [-0.4, -0.2) is 26.9 Å². The van der Waals surface area contributed by atoms with Gasteiger partial charge >= 0.3 is 5.97 Å². The van der Waals surface area contributed by atoms with Crippen LogP contribution < -0.4 is 0 Å². The molecule has 2 aromatic rings. The number of nitrogens with zero attached hydrogens (tertiary/aromatic N) is 3. The number of aromatic nitrogens is 3. The van der Waals surface area contributed by atoms with E-state index in [1.165, 1.54) is 0 Å². The lowest BCUT2D eigenvalue weighted by atomic mass is 10.2. The zero-order valence-corrected chi connectivity index (χ0v) is 12.9. The molecule has 5 nitrogen and oxygen atoms in total. The molecule has 2 rings (SSSR count). The van der Waals surface area contributed by atoms with E-state index in [-0.39, 0.29) is 5.97 Å². The van der Waals surface area contributed by atoms with E-state index in [2.05, 4.69) is 5.10 Å². The van der Waals surface area contributed by atoms with Crippen LogP contribution in [0.4, 0.5) is 0 Å². The Bertz CT molecular complexity index is 643. The number of ether oxygens (including phenoxy) is 1. The van der Waals surface area contributed by atoms with Crippen LogP contribution in [0.1, 0.15) is 34.2 Å². The molecular formula is C14H18ClN3O2. The van der Waals surface area contributed by atoms with Crippen LogP contribution in [0.3, 0.4) is 0 Å². The van der Waals surface area contributed by atoms with E-state index < -0.39 is 0 Å². The molecule has 20 heavy (non-hydrogen) atoms. The first-order chi connectivity index (χ1) is 9.45. The van der Waals surface area contributed by atoms with Gasteiger partial charge < -0.3 is 9.30 Å². The maximum atomic E-state index is 12.0. The molecule has 0 spiro atoms. The van der Waals surface area contributed by atoms with E-state index in [0.29, 0.717) is 24.0 Å². The lowest BCUT2D eigenvalue weighted by molar-refractivity contribution is 0.0513. The highest BCUT2D eigenvalue weighted by Crippen LogP contribution is 2.22. The van der Waals surface area contributed by atoms with Crippen molar-refractivity contribution in [1.29, 1.82) is 0 Å². The fourth-order valence-corrected chi connectivity index (χ4v) is 2.45. The van der Waals surface area contributed by atoms with E-state index >= 15 is 0 Å². The Balaban J connectivity index is 2.37. The lowest BCUT2D eigenvalue weighted by Gasteiger charge is -2.09. The molecule has 108 valence electrons. The Morgan fingerprint density at radius 3 is 2.70 bits per heavy atom. The summed E-state index contributed by atoms with van der Waals surface area (Å²) in [6, 6.07) is 1.89. The van der Waals surface area contributed by atoms with E-state index in [0.717, 1.165) is 16.8 Å². The van der Waals surface area contributed by atoms with Gasteiger partial charge in [-0.2, -0.15) is 5.10 Å². The summed E-state index contributed by atoms with van der Waals surface area (Å²) in [4.78, 5) is 12.0. The van der Waals surface area contributed by atoms with Crippen molar-refractivity contribution in [1.82, 2.24) is 14.3 Å². The van der Waals surface area contributed by atoms with Gasteiger partial charge in [-0.1, -0.05) is 11.6 Å². The number of esters is 1. The number of hydrogen-bond acceptors (Lipinski definition) is 3. The third kappa shape index (κ3) is 2.58. The average molecular weight is 296 g/mol. The minimum atomic E-state index is -0.312. The molecule has 0 aromatic carbocycles. The van der Waals surface area contributed by atoms with Crippen LogP contribution in [0.15, 0.2) is 12.3 Å². The molecule has 0 unspecified atom stereocenters. The van der Waals surface area contributed by atoms with Gasteiger partial charge in [0.25, 0.3) is 0 Å². The van der Waals surface area contributed by atoms with Gasteiger partial charge in [0, 0.05) is 18.8 Å². The van der Waals surface area contributed by atoms with Crippen LogP contribution in [0, 0.1) is 13.8 Å². The van der Waals surface area contributed by atoms with Crippen LogP contribution in [0.5, 0.6) is 0 Å². The fraction of sp³-hybridized carbons (Fsp3) is 0.429. The van der Waals surface area contributed by atoms with Gasteiger partial charge in [0.2, 0.25) is 0 Å². The fourth-order valence-electron chi connectivity index (χ4n) is 2.22. The Morgan fingerprint density at radius 2 is 2.15 bits per heavy atom. The van der Waals surface area contributed by atoms with Crippen LogP contribution >= 0.6 is 11.6 Å². The third-order valence-electron chi connectivity index (χ3n) is 3.23. The quantitative estimate of drug-likeness (QED) is 0.815. The highest BCUT2D eigenvalue weighted by molar-refractivity contribution is 6.30. The Labute approximate surface area is 123 Å². The first kappa shape index (κ1) is 14.7. The zero-order valence-electron chi connectivity index (χ0n) is 12.1. The SMILES string of the molecule is CCOC(=O)c1c(C)ccn1Cc1c(C)nn(C)c1Cl. The number of aryl methyl sites for hydroxylation is 3. The van der Waals surface area contributed by atoms with E-state index in [4.69, 9.17) is 16.3 Å². The summed E-state index contributed by atoms with van der Waals surface area (Å²) in [5.41, 5.74) is 3.22. The van der Waals surface area contributed by atoms with Crippen LogP contribution in [0.2, 0.25) is 5.15 Å². The highest BCUT2D eigenvalue weighted by atomic mass is 35.5. The number of carbonyl (C=O) groups excluding carboxylic acids is 1. The van der Waals surface area contributed by atoms with Crippen molar-refractivity contribution >= 4 is 17.6 Å². The summed E-state index contributed by atoms with van der Waals surface area (Å²) in [6.07, 6.45) is 1.87. The number of carbonyl (C=O) groups is 1. The second-order valence-corrected chi connectivity index (χ2v) is 5.03. The summed E-state index contributed by atoms with van der Waals surface area (Å²) in [6.45, 7) is 6.45. The molecule has 0 bridgehead atoms. The molecule has 0 amide bonds. The van der Waals surface area contributed by atoms with Crippen molar-refractivity contribution in [2.24, 2.45) is 7.05 Å². The average Bonchev–Trinajstić information content (AvgIpc) is 2.86. The highest BCUT2D eigenvalue weighted by Gasteiger charge is 2.18. The number of rotatable bonds is 4. The van der Waals surface area contributed by atoms with Gasteiger partial charge in [-0.05, 0) is 32.4 Å². The van der Waals surface area contributed by atoms with Gasteiger partial charge in [-0.25, -0.2) is 4.79 Å². The second-order valence-electron chi connectivity index (χ2n) is 4.67. The largest absolute Gasteiger partial charge is 0.461 e. The van der Waals surface area contributed by atoms with Crippen molar-refractivity contribution in [2.45, 2.75) is 27.3 Å². The Morgan fingerprint density at radius 1 is 1.45 bits per heavy atom. The first-order valence-electron chi connectivity index (χ1n) is 6.46.